The molecule has 0 saturated heterocycles. The highest BCUT2D eigenvalue weighted by atomic mass is 32.1. The van der Waals surface area contributed by atoms with Crippen molar-refractivity contribution in [3.05, 3.63) is 95.7 Å². The van der Waals surface area contributed by atoms with Gasteiger partial charge >= 0.3 is 0 Å². The third-order valence-electron chi connectivity index (χ3n) is 5.49. The molecular formula is C28H26N4OS. The first-order valence-corrected chi connectivity index (χ1v) is 12.0. The summed E-state index contributed by atoms with van der Waals surface area (Å²) in [6.45, 7) is 6.43. The molecule has 0 unspecified atom stereocenters. The van der Waals surface area contributed by atoms with Crippen molar-refractivity contribution in [1.29, 1.82) is 5.26 Å². The van der Waals surface area contributed by atoms with Gasteiger partial charge in [0.15, 0.2) is 0 Å². The Morgan fingerprint density at radius 2 is 1.85 bits per heavy atom. The quantitative estimate of drug-likeness (QED) is 0.248. The molecule has 0 fully saturated rings. The van der Waals surface area contributed by atoms with Gasteiger partial charge in [0, 0.05) is 30.0 Å². The van der Waals surface area contributed by atoms with Crippen LogP contribution in [0.3, 0.4) is 0 Å². The standard InChI is InChI=1S/C28H26N4OS/c1-19(2)32(18-21-7-5-4-6-8-21)28(33)23(16-29)17-30-24-12-10-22(11-13-24)27-31-25-14-9-20(3)15-26(25)34-27/h4-15,17,19,30H,18H2,1-3H3/b23-17-. The molecule has 0 radical (unpaired) electrons. The van der Waals surface area contributed by atoms with Crippen molar-refractivity contribution in [2.45, 2.75) is 33.4 Å². The number of thiazole rings is 1. The molecule has 1 aromatic heterocycles. The van der Waals surface area contributed by atoms with Gasteiger partial charge < -0.3 is 10.2 Å². The Morgan fingerprint density at radius 3 is 2.53 bits per heavy atom. The normalized spacial score (nSPS) is 11.4. The van der Waals surface area contributed by atoms with Gasteiger partial charge in [0.05, 0.1) is 10.2 Å². The number of fused-ring (bicyclic) bond motifs is 1. The van der Waals surface area contributed by atoms with Gasteiger partial charge in [-0.25, -0.2) is 4.98 Å². The van der Waals surface area contributed by atoms with E-state index in [0.717, 1.165) is 27.3 Å². The van der Waals surface area contributed by atoms with Crippen molar-refractivity contribution in [1.82, 2.24) is 9.88 Å². The summed E-state index contributed by atoms with van der Waals surface area (Å²) in [6.07, 6.45) is 1.48. The number of amides is 1. The van der Waals surface area contributed by atoms with Crippen molar-refractivity contribution in [2.24, 2.45) is 0 Å². The fourth-order valence-electron chi connectivity index (χ4n) is 3.59. The summed E-state index contributed by atoms with van der Waals surface area (Å²) in [6, 6.07) is 25.9. The molecule has 0 saturated carbocycles. The van der Waals surface area contributed by atoms with Crippen molar-refractivity contribution < 1.29 is 4.79 Å². The number of nitriles is 1. The zero-order chi connectivity index (χ0) is 24.1. The van der Waals surface area contributed by atoms with E-state index < -0.39 is 0 Å². The second kappa shape index (κ2) is 10.3. The van der Waals surface area contributed by atoms with Crippen LogP contribution in [0.15, 0.2) is 84.6 Å². The molecule has 5 nitrogen and oxygen atoms in total. The third kappa shape index (κ3) is 5.33. The topological polar surface area (TPSA) is 69.0 Å². The molecule has 3 aromatic carbocycles. The molecule has 1 N–H and O–H groups in total. The maximum absolute atomic E-state index is 13.1. The molecule has 170 valence electrons. The summed E-state index contributed by atoms with van der Waals surface area (Å²) in [5.74, 6) is -0.296. The van der Waals surface area contributed by atoms with Gasteiger partial charge in [0.2, 0.25) is 0 Å². The highest BCUT2D eigenvalue weighted by Gasteiger charge is 2.21. The van der Waals surface area contributed by atoms with E-state index in [9.17, 15) is 10.1 Å². The van der Waals surface area contributed by atoms with E-state index in [4.69, 9.17) is 4.98 Å². The van der Waals surface area contributed by atoms with Gasteiger partial charge in [-0.1, -0.05) is 36.4 Å². The number of hydrogen-bond donors (Lipinski definition) is 1. The molecule has 4 rings (SSSR count). The molecule has 34 heavy (non-hydrogen) atoms. The number of nitrogens with one attached hydrogen (secondary N) is 1. The first-order valence-electron chi connectivity index (χ1n) is 11.1. The van der Waals surface area contributed by atoms with Gasteiger partial charge in [0.1, 0.15) is 16.6 Å². The Kier molecular flexibility index (Phi) is 7.05. The van der Waals surface area contributed by atoms with E-state index in [1.165, 1.54) is 16.5 Å². The van der Waals surface area contributed by atoms with E-state index in [1.807, 2.05) is 80.6 Å². The lowest BCUT2D eigenvalue weighted by molar-refractivity contribution is -0.129. The fourth-order valence-corrected chi connectivity index (χ4v) is 4.65. The van der Waals surface area contributed by atoms with Crippen LogP contribution in [-0.4, -0.2) is 21.8 Å². The number of nitrogens with zero attached hydrogens (tertiary/aromatic N) is 3. The molecule has 0 aliphatic rings. The van der Waals surface area contributed by atoms with Crippen molar-refractivity contribution in [2.75, 3.05) is 5.32 Å². The van der Waals surface area contributed by atoms with Crippen molar-refractivity contribution in [3.8, 4) is 16.6 Å². The predicted octanol–water partition coefficient (Wildman–Crippen LogP) is 6.53. The minimum absolute atomic E-state index is 0.0404. The number of carbonyl (C=O) groups excluding carboxylic acids is 1. The first kappa shape index (κ1) is 23.2. The van der Waals surface area contributed by atoms with Crippen LogP contribution in [0.5, 0.6) is 0 Å². The molecule has 1 amide bonds. The molecule has 0 aliphatic carbocycles. The number of anilines is 1. The van der Waals surface area contributed by atoms with E-state index in [-0.39, 0.29) is 17.5 Å². The smallest absolute Gasteiger partial charge is 0.266 e. The summed E-state index contributed by atoms with van der Waals surface area (Å²) >= 11 is 1.67. The van der Waals surface area contributed by atoms with Crippen LogP contribution in [0, 0.1) is 18.3 Å². The van der Waals surface area contributed by atoms with Crippen LogP contribution in [-0.2, 0) is 11.3 Å². The summed E-state index contributed by atoms with van der Waals surface area (Å²) in [4.78, 5) is 19.5. The number of aryl methyl sites for hydroxylation is 1. The van der Waals surface area contributed by atoms with Crippen LogP contribution in [0.25, 0.3) is 20.8 Å². The van der Waals surface area contributed by atoms with Crippen LogP contribution >= 0.6 is 11.3 Å². The third-order valence-corrected chi connectivity index (χ3v) is 6.56. The number of benzene rings is 3. The van der Waals surface area contributed by atoms with Crippen LogP contribution in [0.1, 0.15) is 25.0 Å². The molecule has 1 heterocycles. The van der Waals surface area contributed by atoms with E-state index in [0.29, 0.717) is 6.54 Å². The van der Waals surface area contributed by atoms with Crippen LogP contribution in [0.2, 0.25) is 0 Å². The lowest BCUT2D eigenvalue weighted by Crippen LogP contribution is -2.37. The Bertz CT molecular complexity index is 1370. The molecule has 0 spiro atoms. The summed E-state index contributed by atoms with van der Waals surface area (Å²) in [5.41, 5.74) is 5.12. The van der Waals surface area contributed by atoms with Crippen LogP contribution in [0.4, 0.5) is 5.69 Å². The predicted molar refractivity (Wildman–Crippen MR) is 139 cm³/mol. The lowest BCUT2D eigenvalue weighted by Gasteiger charge is -2.26. The fraction of sp³-hybridized carbons (Fsp3) is 0.179. The Hall–Kier alpha value is -3.95. The lowest BCUT2D eigenvalue weighted by atomic mass is 10.1. The molecular weight excluding hydrogens is 440 g/mol. The molecule has 6 heteroatoms. The summed E-state index contributed by atoms with van der Waals surface area (Å²) in [7, 11) is 0. The maximum Gasteiger partial charge on any atom is 0.266 e. The minimum atomic E-state index is -0.296. The average molecular weight is 467 g/mol. The molecule has 4 aromatic rings. The largest absolute Gasteiger partial charge is 0.360 e. The molecule has 0 aliphatic heterocycles. The van der Waals surface area contributed by atoms with Crippen LogP contribution < -0.4 is 5.32 Å². The number of rotatable bonds is 7. The van der Waals surface area contributed by atoms with Gasteiger partial charge in [-0.15, -0.1) is 11.3 Å². The van der Waals surface area contributed by atoms with Gasteiger partial charge in [0.25, 0.3) is 5.91 Å². The van der Waals surface area contributed by atoms with E-state index in [2.05, 4.69) is 24.4 Å². The summed E-state index contributed by atoms with van der Waals surface area (Å²) < 4.78 is 1.17. The first-order chi connectivity index (χ1) is 16.4. The maximum atomic E-state index is 13.1. The van der Waals surface area contributed by atoms with Gasteiger partial charge in [-0.05, 0) is 68.3 Å². The SMILES string of the molecule is Cc1ccc2nc(-c3ccc(N/C=C(/C#N)C(=O)N(Cc4ccccc4)C(C)C)cc3)sc2c1. The summed E-state index contributed by atoms with van der Waals surface area (Å²) in [5, 5.41) is 13.7. The number of aromatic nitrogens is 1. The van der Waals surface area contributed by atoms with Gasteiger partial charge in [-0.3, -0.25) is 4.79 Å². The second-order valence-electron chi connectivity index (χ2n) is 8.39. The van der Waals surface area contributed by atoms with Crippen molar-refractivity contribution in [3.63, 3.8) is 0 Å². The Morgan fingerprint density at radius 1 is 1.12 bits per heavy atom. The average Bonchev–Trinajstić information content (AvgIpc) is 3.27. The van der Waals surface area contributed by atoms with Crippen molar-refractivity contribution >= 4 is 33.1 Å². The molecule has 0 atom stereocenters. The highest BCUT2D eigenvalue weighted by molar-refractivity contribution is 7.21. The van der Waals surface area contributed by atoms with Gasteiger partial charge in [-0.2, -0.15) is 5.26 Å². The zero-order valence-corrected chi connectivity index (χ0v) is 20.3. The highest BCUT2D eigenvalue weighted by Crippen LogP contribution is 2.31. The number of hydrogen-bond acceptors (Lipinski definition) is 5. The Balaban J connectivity index is 1.48. The van der Waals surface area contributed by atoms with E-state index >= 15 is 0 Å². The zero-order valence-electron chi connectivity index (χ0n) is 19.4. The minimum Gasteiger partial charge on any atom is -0.360 e. The Labute approximate surface area is 204 Å². The number of carbonyl (C=O) groups is 1. The molecule has 0 bridgehead atoms. The van der Waals surface area contributed by atoms with E-state index in [1.54, 1.807) is 16.2 Å². The second-order valence-corrected chi connectivity index (χ2v) is 9.42. The monoisotopic (exact) mass is 466 g/mol.